The predicted octanol–water partition coefficient (Wildman–Crippen LogP) is 3.32. The van der Waals surface area contributed by atoms with Crippen LogP contribution < -0.4 is 5.32 Å². The number of rotatable bonds is 6. The summed E-state index contributed by atoms with van der Waals surface area (Å²) in [5, 5.41) is 9.66. The lowest BCUT2D eigenvalue weighted by Gasteiger charge is -2.33. The van der Waals surface area contributed by atoms with Gasteiger partial charge in [-0.3, -0.25) is 14.4 Å². The number of hydrogen-bond acceptors (Lipinski definition) is 4. The molecule has 1 N–H and O–H groups in total. The third-order valence-corrected chi connectivity index (χ3v) is 5.57. The van der Waals surface area contributed by atoms with Crippen molar-refractivity contribution >= 4 is 17.2 Å². The molecular formula is C20H22N4OS. The van der Waals surface area contributed by atoms with Crippen molar-refractivity contribution in [2.45, 2.75) is 25.6 Å². The molecule has 0 unspecified atom stereocenters. The maximum Gasteiger partial charge on any atom is 0.251 e. The van der Waals surface area contributed by atoms with E-state index in [9.17, 15) is 4.79 Å². The van der Waals surface area contributed by atoms with E-state index in [0.717, 1.165) is 26.1 Å². The number of aromatic nitrogens is 2. The van der Waals surface area contributed by atoms with Crippen LogP contribution in [0.25, 0.3) is 0 Å². The van der Waals surface area contributed by atoms with Crippen LogP contribution in [0, 0.1) is 0 Å². The molecule has 1 aromatic carbocycles. The van der Waals surface area contributed by atoms with E-state index in [1.807, 2.05) is 36.5 Å². The Morgan fingerprint density at radius 3 is 2.88 bits per heavy atom. The molecule has 1 atom stereocenters. The Labute approximate surface area is 157 Å². The zero-order valence-electron chi connectivity index (χ0n) is 14.5. The number of carbonyl (C=O) groups is 1. The maximum atomic E-state index is 12.2. The van der Waals surface area contributed by atoms with Crippen molar-refractivity contribution in [1.82, 2.24) is 20.0 Å². The molecule has 0 spiro atoms. The first-order valence-electron chi connectivity index (χ1n) is 8.90. The number of carbonyl (C=O) groups excluding carboxylic acids is 1. The van der Waals surface area contributed by atoms with E-state index < -0.39 is 0 Å². The van der Waals surface area contributed by atoms with Crippen LogP contribution in [0.5, 0.6) is 0 Å². The third-order valence-electron chi connectivity index (χ3n) is 4.71. The van der Waals surface area contributed by atoms with Gasteiger partial charge in [0.1, 0.15) is 0 Å². The molecule has 2 aromatic heterocycles. The fraction of sp³-hybridized carbons (Fsp3) is 0.300. The van der Waals surface area contributed by atoms with Crippen molar-refractivity contribution in [1.29, 1.82) is 0 Å². The molecular weight excluding hydrogens is 344 g/mol. The molecule has 3 aromatic rings. The van der Waals surface area contributed by atoms with E-state index in [1.165, 1.54) is 10.6 Å². The Morgan fingerprint density at radius 2 is 2.08 bits per heavy atom. The van der Waals surface area contributed by atoms with Gasteiger partial charge >= 0.3 is 0 Å². The Kier molecular flexibility index (Phi) is 5.13. The average Bonchev–Trinajstić information content (AvgIpc) is 3.34. The normalized spacial score (nSPS) is 17.0. The molecule has 6 heteroatoms. The van der Waals surface area contributed by atoms with Gasteiger partial charge in [0.15, 0.2) is 0 Å². The second kappa shape index (κ2) is 7.85. The highest BCUT2D eigenvalue weighted by atomic mass is 32.1. The Morgan fingerprint density at radius 1 is 1.19 bits per heavy atom. The minimum Gasteiger partial charge on any atom is -0.352 e. The number of hydrogen-bond donors (Lipinski definition) is 1. The lowest BCUT2D eigenvalue weighted by Crippen LogP contribution is -2.38. The highest BCUT2D eigenvalue weighted by Gasteiger charge is 2.25. The van der Waals surface area contributed by atoms with E-state index >= 15 is 0 Å². The van der Waals surface area contributed by atoms with Gasteiger partial charge in [-0.2, -0.15) is 5.10 Å². The largest absolute Gasteiger partial charge is 0.352 e. The Bertz CT molecular complexity index is 844. The monoisotopic (exact) mass is 366 g/mol. The number of benzene rings is 1. The van der Waals surface area contributed by atoms with Crippen LogP contribution in [0.15, 0.2) is 60.1 Å². The lowest BCUT2D eigenvalue weighted by atomic mass is 10.1. The molecule has 1 amide bonds. The van der Waals surface area contributed by atoms with Gasteiger partial charge in [-0.1, -0.05) is 24.3 Å². The second-order valence-corrected chi connectivity index (χ2v) is 7.61. The van der Waals surface area contributed by atoms with Gasteiger partial charge in [0, 0.05) is 42.8 Å². The first-order chi connectivity index (χ1) is 12.8. The van der Waals surface area contributed by atoms with Gasteiger partial charge < -0.3 is 5.32 Å². The summed E-state index contributed by atoms with van der Waals surface area (Å²) in [5.41, 5.74) is 1.95. The summed E-state index contributed by atoms with van der Waals surface area (Å²) in [7, 11) is 0. The van der Waals surface area contributed by atoms with Crippen molar-refractivity contribution in [3.63, 3.8) is 0 Å². The number of nitrogens with zero attached hydrogens (tertiary/aromatic N) is 3. The van der Waals surface area contributed by atoms with Gasteiger partial charge in [-0.15, -0.1) is 11.3 Å². The highest BCUT2D eigenvalue weighted by Crippen LogP contribution is 2.25. The smallest absolute Gasteiger partial charge is 0.251 e. The summed E-state index contributed by atoms with van der Waals surface area (Å²) in [6.45, 7) is 3.48. The molecule has 0 saturated heterocycles. The number of fused-ring (bicyclic) bond motifs is 1. The van der Waals surface area contributed by atoms with E-state index in [-0.39, 0.29) is 11.9 Å². The summed E-state index contributed by atoms with van der Waals surface area (Å²) >= 11 is 1.80. The van der Waals surface area contributed by atoms with E-state index in [1.54, 1.807) is 11.3 Å². The van der Waals surface area contributed by atoms with E-state index in [0.29, 0.717) is 12.1 Å². The van der Waals surface area contributed by atoms with Crippen molar-refractivity contribution in [2.75, 3.05) is 13.1 Å². The Balaban J connectivity index is 1.37. The highest BCUT2D eigenvalue weighted by molar-refractivity contribution is 7.09. The van der Waals surface area contributed by atoms with Crippen LogP contribution in [0.2, 0.25) is 0 Å². The number of nitrogens with one attached hydrogen (secondary N) is 1. The van der Waals surface area contributed by atoms with Crippen LogP contribution in [-0.2, 0) is 13.1 Å². The quantitative estimate of drug-likeness (QED) is 0.728. The number of amides is 1. The molecule has 26 heavy (non-hydrogen) atoms. The number of thiophene rings is 1. The summed E-state index contributed by atoms with van der Waals surface area (Å²) in [6, 6.07) is 16.0. The fourth-order valence-corrected chi connectivity index (χ4v) is 4.21. The van der Waals surface area contributed by atoms with Crippen molar-refractivity contribution < 1.29 is 4.79 Å². The van der Waals surface area contributed by atoms with Gasteiger partial charge in [-0.25, -0.2) is 0 Å². The van der Waals surface area contributed by atoms with Crippen molar-refractivity contribution in [3.05, 3.63) is 76.2 Å². The maximum absolute atomic E-state index is 12.2. The van der Waals surface area contributed by atoms with Gasteiger partial charge in [0.25, 0.3) is 5.91 Å². The minimum absolute atomic E-state index is 0.0162. The molecule has 0 fully saturated rings. The molecule has 0 bridgehead atoms. The molecule has 0 radical (unpaired) electrons. The molecule has 1 aliphatic rings. The third kappa shape index (κ3) is 3.86. The predicted molar refractivity (Wildman–Crippen MR) is 103 cm³/mol. The molecule has 134 valence electrons. The molecule has 5 nitrogen and oxygen atoms in total. The fourth-order valence-electron chi connectivity index (χ4n) is 3.47. The van der Waals surface area contributed by atoms with Crippen LogP contribution in [0.4, 0.5) is 0 Å². The van der Waals surface area contributed by atoms with Gasteiger partial charge in [-0.05, 0) is 36.1 Å². The topological polar surface area (TPSA) is 50.2 Å². The first-order valence-corrected chi connectivity index (χ1v) is 9.78. The zero-order valence-corrected chi connectivity index (χ0v) is 15.4. The first kappa shape index (κ1) is 17.0. The van der Waals surface area contributed by atoms with Gasteiger partial charge in [0.05, 0.1) is 11.7 Å². The molecule has 3 heterocycles. The summed E-state index contributed by atoms with van der Waals surface area (Å²) in [5.74, 6) is -0.0162. The standard InChI is InChI=1S/C20H22N4OS/c25-20(16-5-2-1-3-6-16)21-10-8-17-13-23(15-19-7-4-12-26-19)14-18-9-11-22-24(17)18/h1-7,9,11-12,17H,8,10,13-15H2,(H,21,25)/t17-/m0/s1. The Hall–Kier alpha value is -2.44. The van der Waals surface area contributed by atoms with Crippen LogP contribution in [0.3, 0.4) is 0 Å². The van der Waals surface area contributed by atoms with Crippen molar-refractivity contribution in [3.8, 4) is 0 Å². The van der Waals surface area contributed by atoms with Gasteiger partial charge in [0.2, 0.25) is 0 Å². The van der Waals surface area contributed by atoms with Crippen LogP contribution in [-0.4, -0.2) is 33.7 Å². The summed E-state index contributed by atoms with van der Waals surface area (Å²) < 4.78 is 2.12. The van der Waals surface area contributed by atoms with Crippen LogP contribution in [0.1, 0.15) is 33.4 Å². The minimum atomic E-state index is -0.0162. The molecule has 1 aliphatic heterocycles. The molecule has 4 rings (SSSR count). The summed E-state index contributed by atoms with van der Waals surface area (Å²) in [6.07, 6.45) is 2.74. The lowest BCUT2D eigenvalue weighted by molar-refractivity contribution is 0.0947. The van der Waals surface area contributed by atoms with E-state index in [2.05, 4.69) is 43.6 Å². The zero-order chi connectivity index (χ0) is 17.8. The van der Waals surface area contributed by atoms with Crippen molar-refractivity contribution in [2.24, 2.45) is 0 Å². The molecule has 0 aliphatic carbocycles. The molecule has 0 saturated carbocycles. The van der Waals surface area contributed by atoms with Crippen LogP contribution >= 0.6 is 11.3 Å². The second-order valence-electron chi connectivity index (χ2n) is 6.58. The average molecular weight is 366 g/mol. The summed E-state index contributed by atoms with van der Waals surface area (Å²) in [4.78, 5) is 16.1. The van der Waals surface area contributed by atoms with E-state index in [4.69, 9.17) is 0 Å². The SMILES string of the molecule is O=C(NCC[C@H]1CN(Cc2cccs2)Cc2ccnn21)c1ccccc1.